The lowest BCUT2D eigenvalue weighted by Gasteiger charge is -2.15. The molecule has 3 aromatic rings. The van der Waals surface area contributed by atoms with Crippen LogP contribution in [0, 0.1) is 0 Å². The molecule has 0 aliphatic carbocycles. The van der Waals surface area contributed by atoms with Crippen molar-refractivity contribution in [1.82, 2.24) is 10.3 Å². The Balaban J connectivity index is 1.55. The number of amides is 1. The van der Waals surface area contributed by atoms with Crippen LogP contribution in [0.15, 0.2) is 48.5 Å². The lowest BCUT2D eigenvalue weighted by molar-refractivity contribution is -0.139. The molecule has 3 rings (SSSR count). The third-order valence-corrected chi connectivity index (χ3v) is 6.05. The molecular formula is C22H21Cl2N3O4S. The van der Waals surface area contributed by atoms with Crippen LogP contribution < -0.4 is 15.4 Å². The monoisotopic (exact) mass is 493 g/mol. The molecule has 0 saturated carbocycles. The Hall–Kier alpha value is -2.81. The molecule has 0 aliphatic rings. The minimum Gasteiger partial charge on any atom is -0.493 e. The van der Waals surface area contributed by atoms with Crippen molar-refractivity contribution in [1.29, 1.82) is 0 Å². The topological polar surface area (TPSA) is 101 Å². The zero-order valence-corrected chi connectivity index (χ0v) is 19.4. The van der Waals surface area contributed by atoms with E-state index in [9.17, 15) is 14.7 Å². The summed E-state index contributed by atoms with van der Waals surface area (Å²) in [7, 11) is 1.82. The summed E-state index contributed by atoms with van der Waals surface area (Å²) in [6, 6.07) is 13.1. The maximum Gasteiger partial charge on any atom is 0.326 e. The largest absolute Gasteiger partial charge is 0.493 e. The summed E-state index contributed by atoms with van der Waals surface area (Å²) in [5.74, 6) is -0.265. The molecule has 2 heterocycles. The van der Waals surface area contributed by atoms with Crippen LogP contribution in [0.25, 0.3) is 0 Å². The van der Waals surface area contributed by atoms with Crippen LogP contribution in [0.2, 0.25) is 8.67 Å². The van der Waals surface area contributed by atoms with Gasteiger partial charge in [-0.25, -0.2) is 9.78 Å². The number of ether oxygens (including phenoxy) is 1. The first-order valence-electron chi connectivity index (χ1n) is 9.69. The second-order valence-corrected chi connectivity index (χ2v) is 9.10. The highest BCUT2D eigenvalue weighted by atomic mass is 35.5. The first-order chi connectivity index (χ1) is 15.4. The minimum atomic E-state index is -1.15. The van der Waals surface area contributed by atoms with E-state index in [0.717, 1.165) is 28.4 Å². The molecule has 7 nitrogen and oxygen atoms in total. The summed E-state index contributed by atoms with van der Waals surface area (Å²) < 4.78 is 6.32. The normalized spacial score (nSPS) is 11.6. The van der Waals surface area contributed by atoms with E-state index in [1.165, 1.54) is 6.07 Å². The van der Waals surface area contributed by atoms with E-state index < -0.39 is 17.9 Å². The van der Waals surface area contributed by atoms with Crippen LogP contribution in [-0.4, -0.2) is 41.7 Å². The second-order valence-electron chi connectivity index (χ2n) is 6.81. The van der Waals surface area contributed by atoms with Crippen LogP contribution >= 0.6 is 34.5 Å². The Bertz CT molecular complexity index is 1090. The number of carbonyl (C=O) groups is 2. The average molecular weight is 494 g/mol. The summed E-state index contributed by atoms with van der Waals surface area (Å²) in [5, 5.41) is 15.0. The van der Waals surface area contributed by atoms with Crippen molar-refractivity contribution < 1.29 is 19.4 Å². The number of nitrogens with one attached hydrogen (secondary N) is 2. The van der Waals surface area contributed by atoms with Crippen LogP contribution in [0.3, 0.4) is 0 Å². The third-order valence-electron chi connectivity index (χ3n) is 4.56. The Morgan fingerprint density at radius 2 is 1.94 bits per heavy atom. The Morgan fingerprint density at radius 3 is 2.56 bits per heavy atom. The number of nitrogens with zero attached hydrogens (tertiary/aromatic N) is 1. The third kappa shape index (κ3) is 6.59. The number of pyridine rings is 1. The molecule has 10 heteroatoms. The fraction of sp³-hybridized carbons (Fsp3) is 0.227. The van der Waals surface area contributed by atoms with Gasteiger partial charge in [0, 0.05) is 25.6 Å². The predicted molar refractivity (Wildman–Crippen MR) is 126 cm³/mol. The van der Waals surface area contributed by atoms with Gasteiger partial charge in [-0.2, -0.15) is 0 Å². The second kappa shape index (κ2) is 11.2. The van der Waals surface area contributed by atoms with Crippen molar-refractivity contribution in [3.8, 4) is 5.75 Å². The van der Waals surface area contributed by atoms with Gasteiger partial charge in [-0.15, -0.1) is 11.3 Å². The van der Waals surface area contributed by atoms with Gasteiger partial charge in [-0.05, 0) is 35.9 Å². The number of benzene rings is 1. The Labute approximate surface area is 199 Å². The molecule has 0 fully saturated rings. The molecule has 0 saturated heterocycles. The molecule has 1 amide bonds. The lowest BCUT2D eigenvalue weighted by atomic mass is 10.1. The maximum atomic E-state index is 12.4. The van der Waals surface area contributed by atoms with Gasteiger partial charge in [-0.1, -0.05) is 41.4 Å². The molecule has 1 aromatic carbocycles. The van der Waals surface area contributed by atoms with Gasteiger partial charge >= 0.3 is 5.97 Å². The van der Waals surface area contributed by atoms with E-state index in [-0.39, 0.29) is 16.3 Å². The molecule has 168 valence electrons. The highest BCUT2D eigenvalue weighted by molar-refractivity contribution is 7.20. The van der Waals surface area contributed by atoms with E-state index >= 15 is 0 Å². The summed E-state index contributed by atoms with van der Waals surface area (Å²) in [5.41, 5.74) is 1.81. The number of carboxylic acids is 1. The van der Waals surface area contributed by atoms with E-state index in [2.05, 4.69) is 15.6 Å². The van der Waals surface area contributed by atoms with E-state index in [1.807, 2.05) is 25.2 Å². The average Bonchev–Trinajstić information content (AvgIpc) is 3.12. The number of rotatable bonds is 10. The summed E-state index contributed by atoms with van der Waals surface area (Å²) in [6.07, 6.45) is 0.761. The lowest BCUT2D eigenvalue weighted by Crippen LogP contribution is -2.42. The number of carboxylic acid groups (broad SMARTS) is 1. The van der Waals surface area contributed by atoms with E-state index in [0.29, 0.717) is 23.1 Å². The van der Waals surface area contributed by atoms with Gasteiger partial charge in [0.1, 0.15) is 21.9 Å². The molecule has 1 atom stereocenters. The highest BCUT2D eigenvalue weighted by Gasteiger charge is 2.23. The minimum absolute atomic E-state index is 0.109. The quantitative estimate of drug-likeness (QED) is 0.383. The zero-order valence-electron chi connectivity index (χ0n) is 17.1. The molecule has 3 N–H and O–H groups in total. The van der Waals surface area contributed by atoms with Crippen molar-refractivity contribution >= 4 is 52.2 Å². The van der Waals surface area contributed by atoms with E-state index in [4.69, 9.17) is 27.9 Å². The molecule has 0 bridgehead atoms. The Kier molecular flexibility index (Phi) is 8.33. The number of hydrogen-bond donors (Lipinski definition) is 3. The fourth-order valence-corrected chi connectivity index (χ4v) is 4.38. The van der Waals surface area contributed by atoms with Gasteiger partial charge in [0.2, 0.25) is 0 Å². The highest BCUT2D eigenvalue weighted by Crippen LogP contribution is 2.31. The molecule has 0 spiro atoms. The first kappa shape index (κ1) is 23.8. The smallest absolute Gasteiger partial charge is 0.326 e. The van der Waals surface area contributed by atoms with Gasteiger partial charge in [0.25, 0.3) is 5.91 Å². The number of aromatic nitrogens is 1. The van der Waals surface area contributed by atoms with Crippen molar-refractivity contribution in [3.05, 3.63) is 74.0 Å². The molecule has 2 aromatic heterocycles. The molecule has 32 heavy (non-hydrogen) atoms. The summed E-state index contributed by atoms with van der Waals surface area (Å²) in [4.78, 5) is 28.5. The van der Waals surface area contributed by atoms with Crippen molar-refractivity contribution in [2.45, 2.75) is 18.9 Å². The van der Waals surface area contributed by atoms with Crippen molar-refractivity contribution in [3.63, 3.8) is 0 Å². The first-order valence-corrected chi connectivity index (χ1v) is 11.3. The molecule has 0 radical (unpaired) electrons. The number of hydrogen-bond acceptors (Lipinski definition) is 6. The SMILES string of the molecule is CNc1cccc(CCOc2ccc(C[C@H](NC(=O)c3cc(Cl)sc3Cl)C(=O)O)cc2)n1. The van der Waals surface area contributed by atoms with Gasteiger partial charge in [0.15, 0.2) is 0 Å². The fourth-order valence-electron chi connectivity index (χ4n) is 2.92. The van der Waals surface area contributed by atoms with Gasteiger partial charge in [0.05, 0.1) is 16.5 Å². The number of aliphatic carboxylic acids is 1. The molecule has 0 unspecified atom stereocenters. The van der Waals surface area contributed by atoms with Crippen LogP contribution in [0.4, 0.5) is 5.82 Å². The standard InChI is InChI=1S/C22H21Cl2N3O4S/c1-25-19-4-2-3-14(26-19)9-10-31-15-7-5-13(6-8-15)11-17(22(29)30)27-21(28)16-12-18(23)32-20(16)24/h2-8,12,17H,9-11H2,1H3,(H,25,26)(H,27,28)(H,29,30)/t17-/m0/s1. The van der Waals surface area contributed by atoms with Crippen LogP contribution in [0.1, 0.15) is 21.6 Å². The van der Waals surface area contributed by atoms with Gasteiger partial charge in [-0.3, -0.25) is 4.79 Å². The van der Waals surface area contributed by atoms with Crippen molar-refractivity contribution in [2.24, 2.45) is 0 Å². The number of carbonyl (C=O) groups excluding carboxylic acids is 1. The van der Waals surface area contributed by atoms with E-state index in [1.54, 1.807) is 24.3 Å². The molecular weight excluding hydrogens is 473 g/mol. The Morgan fingerprint density at radius 1 is 1.19 bits per heavy atom. The molecule has 0 aliphatic heterocycles. The zero-order chi connectivity index (χ0) is 23.1. The summed E-state index contributed by atoms with van der Waals surface area (Å²) in [6.45, 7) is 0.456. The van der Waals surface area contributed by atoms with Crippen molar-refractivity contribution in [2.75, 3.05) is 19.0 Å². The van der Waals surface area contributed by atoms with Gasteiger partial charge < -0.3 is 20.5 Å². The number of anilines is 1. The summed E-state index contributed by atoms with van der Waals surface area (Å²) >= 11 is 12.9. The van der Waals surface area contributed by atoms with Crippen LogP contribution in [-0.2, 0) is 17.6 Å². The maximum absolute atomic E-state index is 12.4. The number of halogens is 2. The van der Waals surface area contributed by atoms with Crippen LogP contribution in [0.5, 0.6) is 5.75 Å². The number of thiophene rings is 1. The predicted octanol–water partition coefficient (Wildman–Crippen LogP) is 4.54.